The Balaban J connectivity index is 2.11. The lowest BCUT2D eigenvalue weighted by Crippen LogP contribution is -2.13. The minimum Gasteiger partial charge on any atom is -0.480 e. The maximum Gasteiger partial charge on any atom is 0.325 e. The molecule has 0 aliphatic heterocycles. The van der Waals surface area contributed by atoms with Gasteiger partial charge in [0, 0.05) is 9.50 Å². The number of rotatable bonds is 4. The predicted molar refractivity (Wildman–Crippen MR) is 74.8 cm³/mol. The molecule has 0 fully saturated rings. The molecule has 1 heterocycles. The van der Waals surface area contributed by atoms with E-state index in [0.29, 0.717) is 15.2 Å². The van der Waals surface area contributed by atoms with Gasteiger partial charge in [0.1, 0.15) is 6.54 Å². The fraction of sp³-hybridized carbons (Fsp3) is 0.0909. The maximum absolute atomic E-state index is 11.9. The van der Waals surface area contributed by atoms with E-state index in [9.17, 15) is 9.59 Å². The van der Waals surface area contributed by atoms with Crippen molar-refractivity contribution in [2.45, 2.75) is 6.54 Å². The number of carboxylic acids is 1. The number of carboxylic acid groups (broad SMARTS) is 1. The fourth-order valence-corrected chi connectivity index (χ4v) is 2.18. The van der Waals surface area contributed by atoms with Crippen LogP contribution in [0.3, 0.4) is 0 Å². The third kappa shape index (κ3) is 3.55. The molecule has 1 aromatic heterocycles. The van der Waals surface area contributed by atoms with Gasteiger partial charge in [0.25, 0.3) is 5.91 Å². The third-order valence-corrected chi connectivity index (χ3v) is 3.14. The standard InChI is InChI=1S/C11H8BrClN4O3/c12-7-3-6(13)1-2-8(7)14-11(20)9-4-17(16-15-9)5-10(18)19/h1-4H,5H2,(H,14,20)(H,18,19). The highest BCUT2D eigenvalue weighted by Gasteiger charge is 2.13. The number of aromatic nitrogens is 3. The van der Waals surface area contributed by atoms with E-state index in [-0.39, 0.29) is 12.2 Å². The summed E-state index contributed by atoms with van der Waals surface area (Å²) in [6.45, 7) is -0.356. The van der Waals surface area contributed by atoms with Crippen LogP contribution in [0.4, 0.5) is 5.69 Å². The van der Waals surface area contributed by atoms with Crippen LogP contribution in [0.2, 0.25) is 5.02 Å². The lowest BCUT2D eigenvalue weighted by atomic mass is 10.3. The number of carbonyl (C=O) groups excluding carboxylic acids is 1. The number of amides is 1. The van der Waals surface area contributed by atoms with Crippen molar-refractivity contribution < 1.29 is 14.7 Å². The van der Waals surface area contributed by atoms with Crippen molar-refractivity contribution in [3.8, 4) is 0 Å². The molecule has 7 nitrogen and oxygen atoms in total. The predicted octanol–water partition coefficient (Wildman–Crippen LogP) is 2.03. The SMILES string of the molecule is O=C(O)Cn1cc(C(=O)Nc2ccc(Cl)cc2Br)nn1. The lowest BCUT2D eigenvalue weighted by Gasteiger charge is -2.05. The van der Waals surface area contributed by atoms with Crippen molar-refractivity contribution in [1.29, 1.82) is 0 Å². The van der Waals surface area contributed by atoms with Gasteiger partial charge in [-0.15, -0.1) is 5.10 Å². The van der Waals surface area contributed by atoms with E-state index in [1.165, 1.54) is 6.20 Å². The first-order chi connectivity index (χ1) is 9.45. The van der Waals surface area contributed by atoms with E-state index in [0.717, 1.165) is 4.68 Å². The van der Waals surface area contributed by atoms with Gasteiger partial charge in [0.2, 0.25) is 0 Å². The van der Waals surface area contributed by atoms with Gasteiger partial charge in [-0.3, -0.25) is 9.59 Å². The Kier molecular flexibility index (Phi) is 4.35. The van der Waals surface area contributed by atoms with E-state index < -0.39 is 11.9 Å². The summed E-state index contributed by atoms with van der Waals surface area (Å²) >= 11 is 9.07. The molecule has 0 atom stereocenters. The van der Waals surface area contributed by atoms with E-state index >= 15 is 0 Å². The molecule has 0 saturated carbocycles. The fourth-order valence-electron chi connectivity index (χ4n) is 1.40. The number of anilines is 1. The molecule has 0 bridgehead atoms. The Labute approximate surface area is 126 Å². The number of carbonyl (C=O) groups is 2. The molecular weight excluding hydrogens is 352 g/mol. The van der Waals surface area contributed by atoms with Gasteiger partial charge >= 0.3 is 5.97 Å². The molecule has 1 amide bonds. The van der Waals surface area contributed by atoms with Gasteiger partial charge in [-0.1, -0.05) is 16.8 Å². The van der Waals surface area contributed by atoms with Gasteiger partial charge in [-0.25, -0.2) is 4.68 Å². The zero-order chi connectivity index (χ0) is 14.7. The van der Waals surface area contributed by atoms with Crippen molar-refractivity contribution in [2.24, 2.45) is 0 Å². The van der Waals surface area contributed by atoms with Crippen molar-refractivity contribution in [3.05, 3.63) is 39.6 Å². The Morgan fingerprint density at radius 2 is 2.20 bits per heavy atom. The first kappa shape index (κ1) is 14.5. The molecular formula is C11H8BrClN4O3. The van der Waals surface area contributed by atoms with Crippen LogP contribution in [-0.2, 0) is 11.3 Å². The Morgan fingerprint density at radius 3 is 2.85 bits per heavy atom. The molecule has 20 heavy (non-hydrogen) atoms. The Bertz CT molecular complexity index is 673. The third-order valence-electron chi connectivity index (χ3n) is 2.25. The second-order valence-corrected chi connectivity index (χ2v) is 5.06. The highest BCUT2D eigenvalue weighted by atomic mass is 79.9. The monoisotopic (exact) mass is 358 g/mol. The van der Waals surface area contributed by atoms with Crippen LogP contribution >= 0.6 is 27.5 Å². The number of benzene rings is 1. The number of nitrogens with one attached hydrogen (secondary N) is 1. The molecule has 2 aromatic rings. The average Bonchev–Trinajstić information content (AvgIpc) is 2.80. The highest BCUT2D eigenvalue weighted by molar-refractivity contribution is 9.10. The molecule has 0 spiro atoms. The summed E-state index contributed by atoms with van der Waals surface area (Å²) in [5.74, 6) is -1.56. The smallest absolute Gasteiger partial charge is 0.325 e. The quantitative estimate of drug-likeness (QED) is 0.870. The van der Waals surface area contributed by atoms with Gasteiger partial charge in [0.05, 0.1) is 11.9 Å². The second kappa shape index (κ2) is 6.02. The van der Waals surface area contributed by atoms with Crippen LogP contribution in [-0.4, -0.2) is 32.0 Å². The first-order valence-electron chi connectivity index (χ1n) is 5.34. The maximum atomic E-state index is 11.9. The molecule has 0 radical (unpaired) electrons. The number of hydrogen-bond acceptors (Lipinski definition) is 4. The summed E-state index contributed by atoms with van der Waals surface area (Å²) in [5, 5.41) is 18.9. The topological polar surface area (TPSA) is 97.1 Å². The van der Waals surface area contributed by atoms with Crippen LogP contribution in [0, 0.1) is 0 Å². The number of aliphatic carboxylic acids is 1. The lowest BCUT2D eigenvalue weighted by molar-refractivity contribution is -0.137. The molecule has 2 rings (SSSR count). The number of halogens is 2. The van der Waals surface area contributed by atoms with E-state index in [1.807, 2.05) is 0 Å². The molecule has 1 aromatic carbocycles. The summed E-state index contributed by atoms with van der Waals surface area (Å²) in [7, 11) is 0. The molecule has 0 saturated heterocycles. The summed E-state index contributed by atoms with van der Waals surface area (Å²) in [6, 6.07) is 4.90. The average molecular weight is 360 g/mol. The summed E-state index contributed by atoms with van der Waals surface area (Å²) in [6.07, 6.45) is 1.26. The molecule has 104 valence electrons. The normalized spacial score (nSPS) is 10.3. The molecule has 0 unspecified atom stereocenters. The van der Waals surface area contributed by atoms with Crippen molar-refractivity contribution in [3.63, 3.8) is 0 Å². The van der Waals surface area contributed by atoms with E-state index in [1.54, 1.807) is 18.2 Å². The highest BCUT2D eigenvalue weighted by Crippen LogP contribution is 2.26. The largest absolute Gasteiger partial charge is 0.480 e. The van der Waals surface area contributed by atoms with Crippen LogP contribution < -0.4 is 5.32 Å². The molecule has 0 aliphatic carbocycles. The van der Waals surface area contributed by atoms with E-state index in [2.05, 4.69) is 31.6 Å². The van der Waals surface area contributed by atoms with Crippen LogP contribution in [0.15, 0.2) is 28.9 Å². The van der Waals surface area contributed by atoms with Crippen molar-refractivity contribution in [2.75, 3.05) is 5.32 Å². The summed E-state index contributed by atoms with van der Waals surface area (Å²) in [5.41, 5.74) is 0.542. The van der Waals surface area contributed by atoms with Gasteiger partial charge in [-0.2, -0.15) is 0 Å². The Hall–Kier alpha value is -1.93. The molecule has 2 N–H and O–H groups in total. The number of hydrogen-bond donors (Lipinski definition) is 2. The summed E-state index contributed by atoms with van der Waals surface area (Å²) < 4.78 is 1.69. The summed E-state index contributed by atoms with van der Waals surface area (Å²) in [4.78, 5) is 22.4. The second-order valence-electron chi connectivity index (χ2n) is 3.77. The number of nitrogens with zero attached hydrogens (tertiary/aromatic N) is 3. The van der Waals surface area contributed by atoms with Gasteiger partial charge in [-0.05, 0) is 34.1 Å². The Morgan fingerprint density at radius 1 is 1.45 bits per heavy atom. The minimum absolute atomic E-state index is 0.0214. The first-order valence-corrected chi connectivity index (χ1v) is 6.51. The van der Waals surface area contributed by atoms with Gasteiger partial charge < -0.3 is 10.4 Å². The zero-order valence-electron chi connectivity index (χ0n) is 9.88. The zero-order valence-corrected chi connectivity index (χ0v) is 12.2. The van der Waals surface area contributed by atoms with Crippen LogP contribution in [0.5, 0.6) is 0 Å². The van der Waals surface area contributed by atoms with Crippen molar-refractivity contribution in [1.82, 2.24) is 15.0 Å². The molecule has 0 aliphatic rings. The van der Waals surface area contributed by atoms with Crippen molar-refractivity contribution >= 4 is 45.1 Å². The molecule has 9 heteroatoms. The van der Waals surface area contributed by atoms with Gasteiger partial charge in [0.15, 0.2) is 5.69 Å². The van der Waals surface area contributed by atoms with Crippen LogP contribution in [0.1, 0.15) is 10.5 Å². The van der Waals surface area contributed by atoms with Crippen LogP contribution in [0.25, 0.3) is 0 Å². The minimum atomic E-state index is -1.07. The van der Waals surface area contributed by atoms with E-state index in [4.69, 9.17) is 16.7 Å².